The van der Waals surface area contributed by atoms with Gasteiger partial charge in [-0.3, -0.25) is 4.79 Å². The van der Waals surface area contributed by atoms with E-state index < -0.39 is 0 Å². The zero-order valence-corrected chi connectivity index (χ0v) is 17.2. The van der Waals surface area contributed by atoms with Crippen molar-refractivity contribution in [3.8, 4) is 23.0 Å². The van der Waals surface area contributed by atoms with E-state index in [2.05, 4.69) is 13.8 Å². The molecule has 5 nitrogen and oxygen atoms in total. The lowest BCUT2D eigenvalue weighted by Crippen LogP contribution is -2.02. The van der Waals surface area contributed by atoms with Crippen molar-refractivity contribution in [2.75, 3.05) is 27.9 Å². The third-order valence-electron chi connectivity index (χ3n) is 4.24. The molecule has 0 amide bonds. The molecule has 28 heavy (non-hydrogen) atoms. The number of benzene rings is 2. The minimum Gasteiger partial charge on any atom is -0.497 e. The van der Waals surface area contributed by atoms with Crippen molar-refractivity contribution in [2.45, 2.75) is 20.3 Å². The topological polar surface area (TPSA) is 54.0 Å². The summed E-state index contributed by atoms with van der Waals surface area (Å²) in [5.74, 6) is 2.87. The minimum atomic E-state index is -0.157. The van der Waals surface area contributed by atoms with Crippen molar-refractivity contribution in [3.63, 3.8) is 0 Å². The monoisotopic (exact) mass is 384 g/mol. The largest absolute Gasteiger partial charge is 0.497 e. The number of ether oxygens (including phenoxy) is 4. The molecule has 0 fully saturated rings. The van der Waals surface area contributed by atoms with Crippen molar-refractivity contribution in [2.24, 2.45) is 5.92 Å². The fraction of sp³-hybridized carbons (Fsp3) is 0.348. The van der Waals surface area contributed by atoms with Gasteiger partial charge in [0, 0.05) is 6.07 Å². The number of ketones is 1. The molecular formula is C23H28O5. The van der Waals surface area contributed by atoms with Gasteiger partial charge in [-0.05, 0) is 48.2 Å². The zero-order valence-electron chi connectivity index (χ0n) is 17.2. The zero-order chi connectivity index (χ0) is 20.5. The molecule has 0 unspecified atom stereocenters. The molecule has 0 saturated carbocycles. The summed E-state index contributed by atoms with van der Waals surface area (Å²) in [6, 6.07) is 10.7. The van der Waals surface area contributed by atoms with E-state index in [1.54, 1.807) is 38.5 Å². The van der Waals surface area contributed by atoms with E-state index in [4.69, 9.17) is 18.9 Å². The number of hydrogen-bond donors (Lipinski definition) is 0. The first-order valence-electron chi connectivity index (χ1n) is 9.23. The predicted octanol–water partition coefficient (Wildman–Crippen LogP) is 5.03. The summed E-state index contributed by atoms with van der Waals surface area (Å²) < 4.78 is 21.7. The van der Waals surface area contributed by atoms with Crippen LogP contribution in [-0.2, 0) is 0 Å². The van der Waals surface area contributed by atoms with Crippen LogP contribution in [0.1, 0.15) is 36.2 Å². The number of carbonyl (C=O) groups is 1. The first-order valence-corrected chi connectivity index (χ1v) is 9.23. The summed E-state index contributed by atoms with van der Waals surface area (Å²) in [5, 5.41) is 0. The molecule has 0 saturated heterocycles. The van der Waals surface area contributed by atoms with Crippen molar-refractivity contribution < 1.29 is 23.7 Å². The Morgan fingerprint density at radius 3 is 2.32 bits per heavy atom. The summed E-state index contributed by atoms with van der Waals surface area (Å²) in [5.41, 5.74) is 1.31. The van der Waals surface area contributed by atoms with Crippen LogP contribution in [0.3, 0.4) is 0 Å². The minimum absolute atomic E-state index is 0.157. The highest BCUT2D eigenvalue weighted by atomic mass is 16.5. The van der Waals surface area contributed by atoms with Crippen LogP contribution < -0.4 is 18.9 Å². The van der Waals surface area contributed by atoms with Crippen molar-refractivity contribution in [3.05, 3.63) is 53.6 Å². The maximum Gasteiger partial charge on any atom is 0.189 e. The molecule has 5 heteroatoms. The van der Waals surface area contributed by atoms with Gasteiger partial charge in [0.2, 0.25) is 0 Å². The van der Waals surface area contributed by atoms with Crippen LogP contribution >= 0.6 is 0 Å². The molecule has 0 spiro atoms. The van der Waals surface area contributed by atoms with E-state index in [0.29, 0.717) is 41.1 Å². The van der Waals surface area contributed by atoms with E-state index in [1.165, 1.54) is 13.2 Å². The fourth-order valence-electron chi connectivity index (χ4n) is 2.58. The number of allylic oxidation sites excluding steroid dienone is 1. The molecule has 2 rings (SSSR count). The van der Waals surface area contributed by atoms with Crippen molar-refractivity contribution in [1.82, 2.24) is 0 Å². The van der Waals surface area contributed by atoms with Crippen LogP contribution in [0, 0.1) is 5.92 Å². The van der Waals surface area contributed by atoms with E-state index in [9.17, 15) is 4.79 Å². The highest BCUT2D eigenvalue weighted by molar-refractivity contribution is 6.08. The molecule has 2 aromatic carbocycles. The fourth-order valence-corrected chi connectivity index (χ4v) is 2.58. The summed E-state index contributed by atoms with van der Waals surface area (Å²) in [7, 11) is 4.70. The van der Waals surface area contributed by atoms with Gasteiger partial charge in [0.05, 0.1) is 33.5 Å². The Bertz CT molecular complexity index is 824. The van der Waals surface area contributed by atoms with Crippen molar-refractivity contribution >= 4 is 11.9 Å². The van der Waals surface area contributed by atoms with Gasteiger partial charge in [-0.1, -0.05) is 26.0 Å². The van der Waals surface area contributed by atoms with Crippen LogP contribution in [0.4, 0.5) is 0 Å². The predicted molar refractivity (Wildman–Crippen MR) is 111 cm³/mol. The highest BCUT2D eigenvalue weighted by Crippen LogP contribution is 2.29. The molecule has 0 heterocycles. The highest BCUT2D eigenvalue weighted by Gasteiger charge is 2.11. The average Bonchev–Trinajstić information content (AvgIpc) is 2.71. The molecule has 150 valence electrons. The van der Waals surface area contributed by atoms with Gasteiger partial charge in [-0.15, -0.1) is 0 Å². The van der Waals surface area contributed by atoms with Gasteiger partial charge in [-0.25, -0.2) is 0 Å². The summed E-state index contributed by atoms with van der Waals surface area (Å²) in [6.07, 6.45) is 4.23. The molecule has 0 aliphatic rings. The Morgan fingerprint density at radius 2 is 1.68 bits per heavy atom. The third kappa shape index (κ3) is 5.78. The SMILES string of the molecule is COc1ccc(C(=O)C=Cc2ccc(OCCC(C)C)c(OC)c2)c(OC)c1. The lowest BCUT2D eigenvalue weighted by Gasteiger charge is -2.12. The normalized spacial score (nSPS) is 10.9. The maximum atomic E-state index is 12.6. The Kier molecular flexibility index (Phi) is 7.93. The second-order valence-corrected chi connectivity index (χ2v) is 6.71. The van der Waals surface area contributed by atoms with Gasteiger partial charge in [0.1, 0.15) is 11.5 Å². The molecule has 2 aromatic rings. The van der Waals surface area contributed by atoms with Crippen LogP contribution in [0.2, 0.25) is 0 Å². The number of methoxy groups -OCH3 is 3. The second kappa shape index (κ2) is 10.4. The molecule has 0 aliphatic carbocycles. The lowest BCUT2D eigenvalue weighted by molar-refractivity contribution is 0.104. The molecular weight excluding hydrogens is 356 g/mol. The molecule has 0 bridgehead atoms. The first-order chi connectivity index (χ1) is 13.5. The van der Waals surface area contributed by atoms with E-state index in [-0.39, 0.29) is 5.78 Å². The van der Waals surface area contributed by atoms with Gasteiger partial charge in [-0.2, -0.15) is 0 Å². The number of carbonyl (C=O) groups excluding carboxylic acids is 1. The van der Waals surface area contributed by atoms with Crippen LogP contribution in [0.15, 0.2) is 42.5 Å². The second-order valence-electron chi connectivity index (χ2n) is 6.71. The van der Waals surface area contributed by atoms with Gasteiger partial charge >= 0.3 is 0 Å². The Labute approximate surface area is 166 Å². The number of hydrogen-bond acceptors (Lipinski definition) is 5. The molecule has 0 N–H and O–H groups in total. The maximum absolute atomic E-state index is 12.6. The first kappa shape index (κ1) is 21.4. The van der Waals surface area contributed by atoms with Crippen molar-refractivity contribution in [1.29, 1.82) is 0 Å². The van der Waals surface area contributed by atoms with Gasteiger partial charge < -0.3 is 18.9 Å². The van der Waals surface area contributed by atoms with Crippen LogP contribution in [0.25, 0.3) is 6.08 Å². The Balaban J connectivity index is 2.14. The van der Waals surface area contributed by atoms with E-state index in [0.717, 1.165) is 12.0 Å². The molecule has 0 radical (unpaired) electrons. The van der Waals surface area contributed by atoms with E-state index >= 15 is 0 Å². The van der Waals surface area contributed by atoms with Gasteiger partial charge in [0.15, 0.2) is 17.3 Å². The quantitative estimate of drug-likeness (QED) is 0.425. The summed E-state index contributed by atoms with van der Waals surface area (Å²) in [4.78, 5) is 12.6. The summed E-state index contributed by atoms with van der Waals surface area (Å²) in [6.45, 7) is 4.95. The smallest absolute Gasteiger partial charge is 0.189 e. The van der Waals surface area contributed by atoms with Crippen LogP contribution in [0.5, 0.6) is 23.0 Å². The lowest BCUT2D eigenvalue weighted by atomic mass is 10.1. The summed E-state index contributed by atoms with van der Waals surface area (Å²) >= 11 is 0. The Morgan fingerprint density at radius 1 is 0.929 bits per heavy atom. The Hall–Kier alpha value is -2.95. The average molecular weight is 384 g/mol. The van der Waals surface area contributed by atoms with Crippen LogP contribution in [-0.4, -0.2) is 33.7 Å². The molecule has 0 atom stereocenters. The molecule has 0 aromatic heterocycles. The van der Waals surface area contributed by atoms with E-state index in [1.807, 2.05) is 18.2 Å². The molecule has 0 aliphatic heterocycles. The third-order valence-corrected chi connectivity index (χ3v) is 4.24. The van der Waals surface area contributed by atoms with Gasteiger partial charge in [0.25, 0.3) is 0 Å². The number of rotatable bonds is 10. The standard InChI is InChI=1S/C23H28O5/c1-16(2)12-13-28-21-11-7-17(14-23(21)27-5)6-10-20(24)19-9-8-18(25-3)15-22(19)26-4/h6-11,14-16H,12-13H2,1-5H3.